The Labute approximate surface area is 779 Å². The Morgan fingerprint density at radius 3 is 0.0274 bits per heavy atom. The summed E-state index contributed by atoms with van der Waals surface area (Å²) in [5.74, 6) is 0. The van der Waals surface area contributed by atoms with Gasteiger partial charge in [-0.15, -0.1) is 0 Å². The van der Waals surface area contributed by atoms with Gasteiger partial charge >= 0.3 is 580 Å². The summed E-state index contributed by atoms with van der Waals surface area (Å²) in [7, 11) is 0. The van der Waals surface area contributed by atoms with Gasteiger partial charge in [0.1, 0.15) is 0 Å². The minimum absolute atomic E-state index is 0. The van der Waals surface area contributed by atoms with Crippen LogP contribution in [-0.4, -0.2) is 0 Å². The molecule has 0 atom stereocenters. The smallest absolute Gasteiger partial charge is 2.00 e. The first-order valence-electron chi connectivity index (χ1n) is 0. The predicted octanol–water partition coefficient (Wildman–Crippen LogP) is -4.72. The molecule has 0 amide bonds. The van der Waals surface area contributed by atoms with Crippen LogP contribution in [0, 0.1) is 0 Å². The van der Waals surface area contributed by atoms with Crippen molar-refractivity contribution in [2.24, 2.45) is 0 Å². The van der Waals surface area contributed by atoms with Crippen molar-refractivity contribution < 1.29 is 794 Å². The van der Waals surface area contributed by atoms with Crippen molar-refractivity contribution >= 4 is 0 Å². The number of rotatable bonds is 0. The molecule has 39 nitrogen and oxygen atoms in total. The van der Waals surface area contributed by atoms with Crippen LogP contribution in [0.25, 0.3) is 0 Å². The van der Waals surface area contributed by atoms with Gasteiger partial charge in [-0.1, -0.05) is 0 Å². The van der Waals surface area contributed by atoms with E-state index >= 15 is 0 Å². The van der Waals surface area contributed by atoms with Crippen LogP contribution in [0.3, 0.4) is 0 Å². The summed E-state index contributed by atoms with van der Waals surface area (Å²) in [5.41, 5.74) is 0. The summed E-state index contributed by atoms with van der Waals surface area (Å²) in [6.45, 7) is 0. The Morgan fingerprint density at radius 1 is 0.0274 bits per heavy atom. The molecule has 0 aromatic carbocycles. The zero-order valence-electron chi connectivity index (χ0n) is 27.9. The fraction of sp³-hybridized carbons (Fsp3) is 0. The molecule has 0 spiro atoms. The van der Waals surface area contributed by atoms with Gasteiger partial charge in [0.2, 0.25) is 0 Å². The molecule has 0 bridgehead atoms. The van der Waals surface area contributed by atoms with Gasteiger partial charge in [0, 0.05) is 0 Å². The summed E-state index contributed by atoms with van der Waals surface area (Å²) in [5, 5.41) is 0. The quantitative estimate of drug-likeness (QED) is 0.207. The second kappa shape index (κ2) is 2580. The monoisotopic (exact) mass is 2530 g/mol. The third-order valence-electron chi connectivity index (χ3n) is 0. The molecule has 0 aliphatic rings. The largest absolute Gasteiger partial charge is 3.00 e. The molecular weight excluding hydrogens is 2520 g/mol. The van der Waals surface area contributed by atoms with Crippen molar-refractivity contribution in [1.82, 2.24) is 0 Å². The van der Waals surface area contributed by atoms with E-state index in [1.54, 1.807) is 0 Å². The molecule has 0 aliphatic heterocycles. The summed E-state index contributed by atoms with van der Waals surface area (Å²) < 4.78 is 0. The first-order chi connectivity index (χ1) is 0. The maximum Gasteiger partial charge on any atom is 3.00 e. The Kier molecular flexibility index (Phi) is 94200. The van der Waals surface area contributed by atoms with Crippen molar-refractivity contribution in [1.29, 1.82) is 0 Å². The molecule has 73 heavy (non-hydrogen) atoms. The van der Waals surface area contributed by atoms with E-state index in [0.717, 1.165) is 0 Å². The van der Waals surface area contributed by atoms with E-state index < -0.39 is 0 Å². The Morgan fingerprint density at radius 2 is 0.0274 bits per heavy atom. The molecule has 0 aromatic rings. The van der Waals surface area contributed by atoms with Gasteiger partial charge < -0.3 is 214 Å². The molecule has 0 aromatic heterocycles. The molecule has 73 heteroatoms. The van der Waals surface area contributed by atoms with Gasteiger partial charge in [-0.05, 0) is 0 Å². The van der Waals surface area contributed by atoms with E-state index in [4.69, 9.17) is 0 Å². The first kappa shape index (κ1) is 2670. The van der Waals surface area contributed by atoms with Crippen LogP contribution < -0.4 is 0 Å². The van der Waals surface area contributed by atoms with Gasteiger partial charge in [0.05, 0.1) is 0 Å². The van der Waals surface area contributed by atoms with Gasteiger partial charge in [0.15, 0.2) is 0 Å². The van der Waals surface area contributed by atoms with E-state index in [1.807, 2.05) is 0 Å². The maximum atomic E-state index is 0. The molecule has 34 radical (unpaired) electrons. The van der Waals surface area contributed by atoms with E-state index in [-0.39, 0.29) is 794 Å². The molecule has 0 rings (SSSR count). The Balaban J connectivity index is 0. The van der Waals surface area contributed by atoms with Gasteiger partial charge in [0.25, 0.3) is 0 Å². The van der Waals surface area contributed by atoms with Crippen molar-refractivity contribution in [3.05, 3.63) is 0 Å². The second-order valence-corrected chi connectivity index (χ2v) is 0. The minimum atomic E-state index is 0. The zero-order chi connectivity index (χ0) is 0. The number of hydrogen-bond donors (Lipinski definition) is 0. The molecule has 0 saturated heterocycles. The molecule has 0 aliphatic carbocycles. The second-order valence-electron chi connectivity index (χ2n) is 0. The number of hydrogen-bond acceptors (Lipinski definition) is 0. The molecule has 482 valence electrons. The molecule has 0 N–H and O–H groups in total. The predicted molar refractivity (Wildman–Crippen MR) is 26.8 cm³/mol. The minimum Gasteiger partial charge on any atom is -2.00 e. The van der Waals surface area contributed by atoms with Crippen molar-refractivity contribution in [2.75, 3.05) is 0 Å². The topological polar surface area (TPSA) is 1110 Å². The van der Waals surface area contributed by atoms with Crippen molar-refractivity contribution in [2.45, 2.75) is 0 Å². The Hall–Kier alpha value is 16.1. The third-order valence-corrected chi connectivity index (χ3v) is 0. The van der Waals surface area contributed by atoms with Crippen LogP contribution in [0.4, 0.5) is 0 Å². The zero-order valence-corrected chi connectivity index (χ0v) is 65.5. The summed E-state index contributed by atoms with van der Waals surface area (Å²) in [6, 6.07) is 0. The van der Waals surface area contributed by atoms with Crippen LogP contribution in [0.1, 0.15) is 0 Å². The van der Waals surface area contributed by atoms with E-state index in [0.29, 0.717) is 0 Å². The first-order valence-corrected chi connectivity index (χ1v) is 0. The molecule has 0 heterocycles. The van der Waals surface area contributed by atoms with E-state index in [2.05, 4.69) is 0 Å². The van der Waals surface area contributed by atoms with Crippen LogP contribution in [0.15, 0.2) is 0 Å². The Bertz CT molecular complexity index is 72.8. The van der Waals surface area contributed by atoms with E-state index in [9.17, 15) is 0 Å². The fourth-order valence-corrected chi connectivity index (χ4v) is 0. The van der Waals surface area contributed by atoms with Crippen LogP contribution in [0.5, 0.6) is 0 Å². The molecule has 0 fully saturated rings. The van der Waals surface area contributed by atoms with Gasteiger partial charge in [-0.25, -0.2) is 0 Å². The van der Waals surface area contributed by atoms with Gasteiger partial charge in [-0.2, -0.15) is 0 Å². The van der Waals surface area contributed by atoms with Crippen LogP contribution in [-0.2, 0) is 794 Å². The molecule has 0 unspecified atom stereocenters. The average molecular weight is 2520 g/mol. The van der Waals surface area contributed by atoms with Crippen molar-refractivity contribution in [3.8, 4) is 0 Å². The summed E-state index contributed by atoms with van der Waals surface area (Å²) in [6.07, 6.45) is 0. The SMILES string of the molecule is [Fe+3].[Fe+3].[Fe+3].[Fe+3].[Fe+3].[Fe+3].[Fe+3].[Fe+3].[Fe+3].[Fe+3].[Fe+3].[Fe+3].[Fe+3].[Fe+3].[Fe+3].[Fe+3].[Fe+3].[Fe+3].[Fe+3].[Fe+3].[Fe+3].[Fe+3].[Fe+3].[Fe+3].[Fe+3].[Fe+3].[Fe+3].[Fe+3].[Fe+3].[Fe+3].[Fe+3].[Fe+3].[Fe+3].[Fe+3].[O-2].[O-2].[O-2].[O-2].[O-2].[O-2].[O-2].[O-2].[O-2].[O-2].[O-2].[O-2].[O-2].[O-2].[O-2].[O-2].[O-2].[O-2].[O-2].[O-2].[O-2].[O-2].[O-2].[O-2].[O-2].[O-2].[O-2].[O-2].[O-2].[O-2].[O-2].[O-2].[O-2].[O-2].[O-2].[O-2].[O-2].[O-2].[O-2]. The normalized spacial score (nSPS) is 0. The average Bonchev–Trinajstić information content (AvgIpc) is 0. The fourth-order valence-electron chi connectivity index (χ4n) is 0. The molecule has 0 saturated carbocycles. The van der Waals surface area contributed by atoms with Crippen LogP contribution >= 0.6 is 0 Å². The van der Waals surface area contributed by atoms with Crippen molar-refractivity contribution in [3.63, 3.8) is 0 Å². The maximum absolute atomic E-state index is 0. The standard InChI is InChI=1S/34Fe.39O/q34*+3;39*-2. The summed E-state index contributed by atoms with van der Waals surface area (Å²) >= 11 is 0. The van der Waals surface area contributed by atoms with E-state index in [1.165, 1.54) is 0 Å². The molecular formula is Fe34O39+24. The van der Waals surface area contributed by atoms with Crippen LogP contribution in [0.2, 0.25) is 0 Å². The third kappa shape index (κ3) is 2520. The van der Waals surface area contributed by atoms with Gasteiger partial charge in [-0.3, -0.25) is 0 Å². The summed E-state index contributed by atoms with van der Waals surface area (Å²) in [4.78, 5) is 0.